The standard InChI is InChI=1S/C10H11NO5/c12-6-3-5(7-4-15-10(6)16-7)11-8(13)1-2-9(11)14/h5,7,10H,1-4H2/t5-,7?,10-/m1/s1. The number of rotatable bonds is 1. The van der Waals surface area contributed by atoms with E-state index in [1.54, 1.807) is 0 Å². The van der Waals surface area contributed by atoms with Gasteiger partial charge in [-0.25, -0.2) is 0 Å². The van der Waals surface area contributed by atoms with Crippen LogP contribution in [0.1, 0.15) is 19.3 Å². The number of hydrogen-bond acceptors (Lipinski definition) is 5. The monoisotopic (exact) mass is 225 g/mol. The van der Waals surface area contributed by atoms with Crippen LogP contribution in [-0.2, 0) is 23.9 Å². The van der Waals surface area contributed by atoms with Crippen LogP contribution in [0.25, 0.3) is 0 Å². The van der Waals surface area contributed by atoms with Crippen molar-refractivity contribution in [1.29, 1.82) is 0 Å². The molecule has 6 heteroatoms. The Kier molecular flexibility index (Phi) is 2.08. The maximum Gasteiger partial charge on any atom is 0.230 e. The number of hydrogen-bond donors (Lipinski definition) is 0. The van der Waals surface area contributed by atoms with E-state index in [-0.39, 0.29) is 49.6 Å². The molecule has 86 valence electrons. The van der Waals surface area contributed by atoms with E-state index in [0.717, 1.165) is 0 Å². The second kappa shape index (κ2) is 3.36. The SMILES string of the molecule is O=C1C[C@@H](N2C(=O)CCC2=O)C2CO[C@@H]1O2. The molecule has 3 saturated heterocycles. The number of carbonyl (C=O) groups excluding carboxylic acids is 3. The average Bonchev–Trinajstić information content (AvgIpc) is 2.81. The van der Waals surface area contributed by atoms with Crippen molar-refractivity contribution < 1.29 is 23.9 Å². The van der Waals surface area contributed by atoms with Crippen LogP contribution < -0.4 is 0 Å². The van der Waals surface area contributed by atoms with Gasteiger partial charge in [0, 0.05) is 19.3 Å². The van der Waals surface area contributed by atoms with E-state index < -0.39 is 12.3 Å². The molecule has 0 saturated carbocycles. The molecule has 3 heterocycles. The van der Waals surface area contributed by atoms with Crippen molar-refractivity contribution in [2.75, 3.05) is 6.61 Å². The minimum absolute atomic E-state index is 0.160. The van der Waals surface area contributed by atoms with Gasteiger partial charge in [0.15, 0.2) is 5.78 Å². The number of nitrogens with zero attached hydrogens (tertiary/aromatic N) is 1. The van der Waals surface area contributed by atoms with E-state index in [1.165, 1.54) is 4.90 Å². The molecule has 2 amide bonds. The summed E-state index contributed by atoms with van der Waals surface area (Å²) >= 11 is 0. The minimum atomic E-state index is -0.783. The number of imide groups is 1. The van der Waals surface area contributed by atoms with E-state index in [1.807, 2.05) is 0 Å². The lowest BCUT2D eigenvalue weighted by Crippen LogP contribution is -2.51. The molecular formula is C10H11NO5. The van der Waals surface area contributed by atoms with E-state index in [2.05, 4.69) is 0 Å². The lowest BCUT2D eigenvalue weighted by Gasteiger charge is -2.32. The van der Waals surface area contributed by atoms with E-state index in [4.69, 9.17) is 9.47 Å². The van der Waals surface area contributed by atoms with Gasteiger partial charge in [0.05, 0.1) is 12.6 Å². The zero-order valence-electron chi connectivity index (χ0n) is 8.55. The summed E-state index contributed by atoms with van der Waals surface area (Å²) in [6.07, 6.45) is -0.490. The maximum absolute atomic E-state index is 11.6. The molecule has 3 atom stereocenters. The quantitative estimate of drug-likeness (QED) is 0.547. The summed E-state index contributed by atoms with van der Waals surface area (Å²) in [7, 11) is 0. The van der Waals surface area contributed by atoms with Crippen molar-refractivity contribution in [3.05, 3.63) is 0 Å². The summed E-state index contributed by atoms with van der Waals surface area (Å²) in [5.41, 5.74) is 0. The van der Waals surface area contributed by atoms with Crippen LogP contribution in [0, 0.1) is 0 Å². The van der Waals surface area contributed by atoms with E-state index >= 15 is 0 Å². The van der Waals surface area contributed by atoms with Crippen molar-refractivity contribution >= 4 is 17.6 Å². The second-order valence-electron chi connectivity index (χ2n) is 4.24. The number of fused-ring (bicyclic) bond motifs is 2. The predicted octanol–water partition coefficient (Wildman–Crippen LogP) is -0.782. The molecule has 0 N–H and O–H groups in total. The number of amides is 2. The van der Waals surface area contributed by atoms with Gasteiger partial charge in [-0.2, -0.15) is 0 Å². The molecule has 6 nitrogen and oxygen atoms in total. The summed E-state index contributed by atoms with van der Waals surface area (Å²) in [6, 6.07) is -0.464. The van der Waals surface area contributed by atoms with Crippen molar-refractivity contribution in [3.8, 4) is 0 Å². The van der Waals surface area contributed by atoms with Gasteiger partial charge >= 0.3 is 0 Å². The zero-order chi connectivity index (χ0) is 11.3. The number of likely N-dealkylation sites (tertiary alicyclic amines) is 1. The normalized spacial score (nSPS) is 38.6. The van der Waals surface area contributed by atoms with Crippen molar-refractivity contribution in [2.45, 2.75) is 37.7 Å². The van der Waals surface area contributed by atoms with Crippen LogP contribution in [0.2, 0.25) is 0 Å². The highest BCUT2D eigenvalue weighted by Gasteiger charge is 2.49. The molecule has 0 aromatic carbocycles. The lowest BCUT2D eigenvalue weighted by atomic mass is 10.0. The van der Waals surface area contributed by atoms with Gasteiger partial charge < -0.3 is 9.47 Å². The molecular weight excluding hydrogens is 214 g/mol. The Morgan fingerprint density at radius 1 is 1.12 bits per heavy atom. The van der Waals surface area contributed by atoms with Crippen LogP contribution in [-0.4, -0.2) is 47.5 Å². The molecule has 0 spiro atoms. The zero-order valence-corrected chi connectivity index (χ0v) is 8.55. The fraction of sp³-hybridized carbons (Fsp3) is 0.700. The highest BCUT2D eigenvalue weighted by atomic mass is 16.7. The smallest absolute Gasteiger partial charge is 0.230 e. The van der Waals surface area contributed by atoms with Crippen molar-refractivity contribution in [3.63, 3.8) is 0 Å². The van der Waals surface area contributed by atoms with Gasteiger partial charge in [-0.05, 0) is 0 Å². The Balaban J connectivity index is 1.86. The molecule has 3 rings (SSSR count). The van der Waals surface area contributed by atoms with Gasteiger partial charge in [-0.1, -0.05) is 0 Å². The lowest BCUT2D eigenvalue weighted by molar-refractivity contribution is -0.163. The molecule has 16 heavy (non-hydrogen) atoms. The number of Topliss-reactive ketones (excluding diaryl/α,β-unsaturated/α-hetero) is 1. The largest absolute Gasteiger partial charge is 0.343 e. The predicted molar refractivity (Wildman–Crippen MR) is 49.1 cm³/mol. The van der Waals surface area contributed by atoms with Crippen LogP contribution in [0.3, 0.4) is 0 Å². The fourth-order valence-electron chi connectivity index (χ4n) is 2.45. The van der Waals surface area contributed by atoms with Gasteiger partial charge in [-0.15, -0.1) is 0 Å². The molecule has 3 fully saturated rings. The van der Waals surface area contributed by atoms with Gasteiger partial charge in [0.2, 0.25) is 18.1 Å². The number of ketones is 1. The van der Waals surface area contributed by atoms with E-state index in [0.29, 0.717) is 0 Å². The Morgan fingerprint density at radius 3 is 2.50 bits per heavy atom. The van der Waals surface area contributed by atoms with Crippen LogP contribution in [0.4, 0.5) is 0 Å². The average molecular weight is 225 g/mol. The molecule has 0 aromatic heterocycles. The first-order chi connectivity index (χ1) is 7.66. The molecule has 0 radical (unpaired) electrons. The topological polar surface area (TPSA) is 72.9 Å². The van der Waals surface area contributed by atoms with Gasteiger partial charge in [0.25, 0.3) is 0 Å². The summed E-state index contributed by atoms with van der Waals surface area (Å²) in [6.45, 7) is 0.276. The Labute approximate surface area is 91.5 Å². The summed E-state index contributed by atoms with van der Waals surface area (Å²) in [5.74, 6) is -0.611. The second-order valence-corrected chi connectivity index (χ2v) is 4.24. The third-order valence-electron chi connectivity index (χ3n) is 3.23. The van der Waals surface area contributed by atoms with Gasteiger partial charge in [0.1, 0.15) is 6.10 Å². The molecule has 3 aliphatic rings. The molecule has 2 bridgehead atoms. The number of ether oxygens (including phenoxy) is 2. The molecule has 0 aromatic rings. The van der Waals surface area contributed by atoms with Crippen LogP contribution in [0.15, 0.2) is 0 Å². The van der Waals surface area contributed by atoms with E-state index in [9.17, 15) is 14.4 Å². The summed E-state index contributed by atoms with van der Waals surface area (Å²) < 4.78 is 10.4. The molecule has 1 unspecified atom stereocenters. The minimum Gasteiger partial charge on any atom is -0.343 e. The molecule has 3 aliphatic heterocycles. The first-order valence-electron chi connectivity index (χ1n) is 5.31. The maximum atomic E-state index is 11.6. The third-order valence-corrected chi connectivity index (χ3v) is 3.23. The van der Waals surface area contributed by atoms with Crippen molar-refractivity contribution in [2.24, 2.45) is 0 Å². The summed E-state index contributed by atoms with van der Waals surface area (Å²) in [5, 5.41) is 0. The first kappa shape index (κ1) is 9.92. The third kappa shape index (κ3) is 1.30. The number of carbonyl (C=O) groups is 3. The first-order valence-corrected chi connectivity index (χ1v) is 5.31. The Morgan fingerprint density at radius 2 is 1.81 bits per heavy atom. The summed E-state index contributed by atoms with van der Waals surface area (Å²) in [4.78, 5) is 35.8. The van der Waals surface area contributed by atoms with Crippen LogP contribution in [0.5, 0.6) is 0 Å². The highest BCUT2D eigenvalue weighted by molar-refractivity contribution is 6.03. The Bertz CT molecular complexity index is 363. The molecule has 0 aliphatic carbocycles. The highest BCUT2D eigenvalue weighted by Crippen LogP contribution is 2.30. The van der Waals surface area contributed by atoms with Gasteiger partial charge in [-0.3, -0.25) is 19.3 Å². The fourth-order valence-corrected chi connectivity index (χ4v) is 2.45. The van der Waals surface area contributed by atoms with Crippen molar-refractivity contribution in [1.82, 2.24) is 4.90 Å². The van der Waals surface area contributed by atoms with Crippen LogP contribution >= 0.6 is 0 Å². The Hall–Kier alpha value is -1.27.